The van der Waals surface area contributed by atoms with Crippen molar-refractivity contribution in [1.82, 2.24) is 4.98 Å². The molecule has 1 aromatic heterocycles. The summed E-state index contributed by atoms with van der Waals surface area (Å²) < 4.78 is 43.1. The molecule has 0 bridgehead atoms. The predicted molar refractivity (Wildman–Crippen MR) is 68.3 cm³/mol. The molecule has 1 saturated carbocycles. The molecule has 3 nitrogen and oxygen atoms in total. The number of nitrogens with one attached hydrogen (secondary N) is 1. The molecule has 2 heterocycles. The Morgan fingerprint density at radius 2 is 2.00 bits per heavy atom. The smallest absolute Gasteiger partial charge is 0.378 e. The summed E-state index contributed by atoms with van der Waals surface area (Å²) in [5, 5.41) is 3.21. The fraction of sp³-hybridized carbons (Fsp3) is 0.643. The lowest BCUT2D eigenvalue weighted by Crippen LogP contribution is -2.35. The second-order valence-electron chi connectivity index (χ2n) is 5.54. The highest BCUT2D eigenvalue weighted by atomic mass is 19.4. The normalized spacial score (nSPS) is 27.4. The Labute approximate surface area is 115 Å². The van der Waals surface area contributed by atoms with Crippen LogP contribution in [-0.4, -0.2) is 23.7 Å². The Bertz CT molecular complexity index is 456. The number of aromatic nitrogens is 1. The Hall–Kier alpha value is -1.30. The lowest BCUT2D eigenvalue weighted by Gasteiger charge is -2.30. The third-order valence-corrected chi connectivity index (χ3v) is 3.91. The number of rotatable bonds is 3. The van der Waals surface area contributed by atoms with Crippen LogP contribution in [0.4, 0.5) is 19.0 Å². The molecule has 1 aliphatic heterocycles. The van der Waals surface area contributed by atoms with Crippen molar-refractivity contribution >= 4 is 5.82 Å². The summed E-state index contributed by atoms with van der Waals surface area (Å²) in [6.07, 6.45) is 1.09. The van der Waals surface area contributed by atoms with Gasteiger partial charge in [0.05, 0.1) is 11.7 Å². The Morgan fingerprint density at radius 3 is 2.60 bits per heavy atom. The fourth-order valence-corrected chi connectivity index (χ4v) is 2.61. The van der Waals surface area contributed by atoms with E-state index in [4.69, 9.17) is 4.74 Å². The monoisotopic (exact) mass is 286 g/mol. The van der Waals surface area contributed by atoms with Gasteiger partial charge >= 0.3 is 6.18 Å². The number of pyridine rings is 1. The summed E-state index contributed by atoms with van der Waals surface area (Å²) in [5.74, 6) is 1.18. The van der Waals surface area contributed by atoms with Crippen LogP contribution in [0.15, 0.2) is 18.3 Å². The van der Waals surface area contributed by atoms with E-state index in [1.54, 1.807) is 0 Å². The molecule has 2 atom stereocenters. The summed E-state index contributed by atoms with van der Waals surface area (Å²) in [4.78, 5) is 3.85. The minimum atomic E-state index is -4.33. The first-order chi connectivity index (χ1) is 9.52. The van der Waals surface area contributed by atoms with Gasteiger partial charge in [0.15, 0.2) is 0 Å². The van der Waals surface area contributed by atoms with Gasteiger partial charge in [-0.05, 0) is 43.7 Å². The number of nitrogens with zero attached hydrogens (tertiary/aromatic N) is 1. The quantitative estimate of drug-likeness (QED) is 0.924. The van der Waals surface area contributed by atoms with Crippen molar-refractivity contribution in [3.63, 3.8) is 0 Å². The molecule has 2 fully saturated rings. The summed E-state index contributed by atoms with van der Waals surface area (Å²) in [5.41, 5.74) is -0.717. The summed E-state index contributed by atoms with van der Waals surface area (Å²) in [6, 6.07) is 2.69. The third kappa shape index (κ3) is 3.23. The molecule has 1 aromatic rings. The molecule has 1 aliphatic carbocycles. The number of hydrogen-bond donors (Lipinski definition) is 1. The third-order valence-electron chi connectivity index (χ3n) is 3.91. The molecule has 0 radical (unpaired) electrons. The molecule has 0 aromatic carbocycles. The molecule has 2 unspecified atom stereocenters. The molecule has 2 aliphatic rings. The average Bonchev–Trinajstić information content (AvgIpc) is 3.23. The molecule has 0 spiro atoms. The maximum absolute atomic E-state index is 12.4. The Balaban J connectivity index is 1.59. The molecule has 6 heteroatoms. The number of ether oxygens (including phenoxy) is 1. The summed E-state index contributed by atoms with van der Waals surface area (Å²) >= 11 is 0. The molecule has 3 rings (SSSR count). The highest BCUT2D eigenvalue weighted by Crippen LogP contribution is 2.38. The zero-order valence-corrected chi connectivity index (χ0v) is 11.0. The second kappa shape index (κ2) is 5.24. The maximum Gasteiger partial charge on any atom is 0.417 e. The van der Waals surface area contributed by atoms with Gasteiger partial charge in [0.1, 0.15) is 5.82 Å². The fourth-order valence-electron chi connectivity index (χ4n) is 2.61. The van der Waals surface area contributed by atoms with Crippen LogP contribution >= 0.6 is 0 Å². The molecule has 110 valence electrons. The van der Waals surface area contributed by atoms with Crippen LogP contribution < -0.4 is 5.32 Å². The van der Waals surface area contributed by atoms with E-state index >= 15 is 0 Å². The number of hydrogen-bond acceptors (Lipinski definition) is 3. The first-order valence-electron chi connectivity index (χ1n) is 6.94. The largest absolute Gasteiger partial charge is 0.417 e. The van der Waals surface area contributed by atoms with E-state index in [1.807, 2.05) is 0 Å². The van der Waals surface area contributed by atoms with E-state index in [-0.39, 0.29) is 6.04 Å². The molecule has 20 heavy (non-hydrogen) atoms. The molecular formula is C14H17F3N2O. The topological polar surface area (TPSA) is 34.1 Å². The van der Waals surface area contributed by atoms with Crippen molar-refractivity contribution in [2.24, 2.45) is 5.92 Å². The van der Waals surface area contributed by atoms with Crippen LogP contribution in [0.1, 0.15) is 31.2 Å². The lowest BCUT2D eigenvalue weighted by atomic mass is 10.00. The SMILES string of the molecule is FC(F)(F)c1ccc(NC2CCOC(C3CC3)C2)nc1. The zero-order chi connectivity index (χ0) is 14.2. The first kappa shape index (κ1) is 13.7. The average molecular weight is 286 g/mol. The summed E-state index contributed by atoms with van der Waals surface area (Å²) in [7, 11) is 0. The van der Waals surface area contributed by atoms with Gasteiger partial charge in [-0.1, -0.05) is 0 Å². The van der Waals surface area contributed by atoms with E-state index < -0.39 is 11.7 Å². The Kier molecular flexibility index (Phi) is 3.58. The number of anilines is 1. The van der Waals surface area contributed by atoms with Crippen LogP contribution in [0.5, 0.6) is 0 Å². The maximum atomic E-state index is 12.4. The van der Waals surface area contributed by atoms with Gasteiger partial charge < -0.3 is 10.1 Å². The minimum absolute atomic E-state index is 0.235. The van der Waals surface area contributed by atoms with Crippen LogP contribution in [0, 0.1) is 5.92 Å². The zero-order valence-electron chi connectivity index (χ0n) is 11.0. The number of alkyl halides is 3. The Morgan fingerprint density at radius 1 is 1.20 bits per heavy atom. The van der Waals surface area contributed by atoms with Crippen LogP contribution in [0.2, 0.25) is 0 Å². The second-order valence-corrected chi connectivity index (χ2v) is 5.54. The molecular weight excluding hydrogens is 269 g/mol. The lowest BCUT2D eigenvalue weighted by molar-refractivity contribution is -0.137. The van der Waals surface area contributed by atoms with Gasteiger partial charge in [-0.2, -0.15) is 13.2 Å². The van der Waals surface area contributed by atoms with E-state index in [1.165, 1.54) is 18.9 Å². The van der Waals surface area contributed by atoms with Gasteiger partial charge in [0.25, 0.3) is 0 Å². The van der Waals surface area contributed by atoms with Crippen LogP contribution in [-0.2, 0) is 10.9 Å². The predicted octanol–water partition coefficient (Wildman–Crippen LogP) is 3.47. The first-order valence-corrected chi connectivity index (χ1v) is 6.94. The highest BCUT2D eigenvalue weighted by Gasteiger charge is 2.36. The van der Waals surface area contributed by atoms with E-state index in [0.29, 0.717) is 24.4 Å². The minimum Gasteiger partial charge on any atom is -0.378 e. The molecule has 1 saturated heterocycles. The van der Waals surface area contributed by atoms with Gasteiger partial charge in [-0.3, -0.25) is 0 Å². The van der Waals surface area contributed by atoms with E-state index in [9.17, 15) is 13.2 Å². The van der Waals surface area contributed by atoms with E-state index in [0.717, 1.165) is 25.1 Å². The van der Waals surface area contributed by atoms with E-state index in [2.05, 4.69) is 10.3 Å². The standard InChI is InChI=1S/C14H17F3N2O/c15-14(16,17)10-3-4-13(18-8-10)19-11-5-6-20-12(7-11)9-1-2-9/h3-4,8-9,11-12H,1-2,5-7H2,(H,18,19). The number of halogens is 3. The van der Waals surface area contributed by atoms with Gasteiger partial charge in [0, 0.05) is 18.8 Å². The van der Waals surface area contributed by atoms with Gasteiger partial charge in [-0.15, -0.1) is 0 Å². The van der Waals surface area contributed by atoms with Crippen molar-refractivity contribution in [3.05, 3.63) is 23.9 Å². The van der Waals surface area contributed by atoms with Gasteiger partial charge in [0.2, 0.25) is 0 Å². The molecule has 1 N–H and O–H groups in total. The van der Waals surface area contributed by atoms with Crippen molar-refractivity contribution in [1.29, 1.82) is 0 Å². The van der Waals surface area contributed by atoms with Crippen molar-refractivity contribution < 1.29 is 17.9 Å². The van der Waals surface area contributed by atoms with Crippen molar-refractivity contribution in [3.8, 4) is 0 Å². The summed E-state index contributed by atoms with van der Waals surface area (Å²) in [6.45, 7) is 0.708. The van der Waals surface area contributed by atoms with Crippen LogP contribution in [0.3, 0.4) is 0 Å². The van der Waals surface area contributed by atoms with Crippen molar-refractivity contribution in [2.75, 3.05) is 11.9 Å². The molecule has 0 amide bonds. The van der Waals surface area contributed by atoms with Crippen molar-refractivity contribution in [2.45, 2.75) is 44.0 Å². The van der Waals surface area contributed by atoms with Crippen LogP contribution in [0.25, 0.3) is 0 Å². The van der Waals surface area contributed by atoms with Gasteiger partial charge in [-0.25, -0.2) is 4.98 Å². The highest BCUT2D eigenvalue weighted by molar-refractivity contribution is 5.37.